The van der Waals surface area contributed by atoms with Crippen LogP contribution in [0.5, 0.6) is 0 Å². The fourth-order valence-electron chi connectivity index (χ4n) is 5.57. The summed E-state index contributed by atoms with van der Waals surface area (Å²) in [7, 11) is 4.08. The van der Waals surface area contributed by atoms with Gasteiger partial charge in [0.2, 0.25) is 0 Å². The number of rotatable bonds is 31. The molecule has 0 radical (unpaired) electrons. The van der Waals surface area contributed by atoms with E-state index in [4.69, 9.17) is 9.47 Å². The molecule has 0 rings (SSSR count). The van der Waals surface area contributed by atoms with Gasteiger partial charge in [0, 0.05) is 13.3 Å². The van der Waals surface area contributed by atoms with E-state index >= 15 is 0 Å². The van der Waals surface area contributed by atoms with Gasteiger partial charge >= 0.3 is 5.91 Å². The van der Waals surface area contributed by atoms with E-state index in [2.05, 4.69) is 20.8 Å². The van der Waals surface area contributed by atoms with Crippen molar-refractivity contribution in [3.63, 3.8) is 0 Å². The Balaban J connectivity index is 3.87. The van der Waals surface area contributed by atoms with Gasteiger partial charge in [-0.1, -0.05) is 162 Å². The van der Waals surface area contributed by atoms with Gasteiger partial charge in [-0.25, -0.2) is 0 Å². The van der Waals surface area contributed by atoms with Crippen LogP contribution < -0.4 is 0 Å². The van der Waals surface area contributed by atoms with E-state index in [1.54, 1.807) is 0 Å². The lowest BCUT2D eigenvalue weighted by atomic mass is 10.1. The Morgan fingerprint density at radius 1 is 0.513 bits per heavy atom. The minimum Gasteiger partial charge on any atom is -0.329 e. The molecular formula is C35H74NO3+. The minimum atomic E-state index is -1.24. The molecule has 0 heterocycles. The van der Waals surface area contributed by atoms with E-state index in [-0.39, 0.29) is 6.23 Å². The Morgan fingerprint density at radius 3 is 1.15 bits per heavy atom. The van der Waals surface area contributed by atoms with Crippen molar-refractivity contribution in [3.8, 4) is 0 Å². The summed E-state index contributed by atoms with van der Waals surface area (Å²) >= 11 is 0. The molecule has 4 heteroatoms. The average molecular weight is 557 g/mol. The highest BCUT2D eigenvalue weighted by molar-refractivity contribution is 4.54. The van der Waals surface area contributed by atoms with Crippen molar-refractivity contribution in [1.29, 1.82) is 0 Å². The fourth-order valence-corrected chi connectivity index (χ4v) is 5.57. The second-order valence-electron chi connectivity index (χ2n) is 12.8. The van der Waals surface area contributed by atoms with Crippen LogP contribution in [0.3, 0.4) is 0 Å². The molecule has 39 heavy (non-hydrogen) atoms. The molecular weight excluding hydrogens is 482 g/mol. The molecule has 0 saturated heterocycles. The predicted molar refractivity (Wildman–Crippen MR) is 171 cm³/mol. The molecule has 1 N–H and O–H groups in total. The predicted octanol–water partition coefficient (Wildman–Crippen LogP) is 10.9. The van der Waals surface area contributed by atoms with Crippen LogP contribution in [0.2, 0.25) is 0 Å². The highest BCUT2D eigenvalue weighted by Crippen LogP contribution is 2.26. The van der Waals surface area contributed by atoms with Gasteiger partial charge in [-0.15, -0.1) is 0 Å². The molecule has 0 spiro atoms. The van der Waals surface area contributed by atoms with Gasteiger partial charge in [0.05, 0.1) is 27.3 Å². The summed E-state index contributed by atoms with van der Waals surface area (Å²) in [5.74, 6) is -1.24. The first-order valence-electron chi connectivity index (χ1n) is 17.6. The maximum atomic E-state index is 11.2. The molecule has 0 saturated carbocycles. The lowest BCUT2D eigenvalue weighted by Crippen LogP contribution is -2.65. The molecule has 0 aliphatic carbocycles. The Morgan fingerprint density at radius 2 is 0.821 bits per heavy atom. The van der Waals surface area contributed by atoms with Crippen LogP contribution in [-0.2, 0) is 9.47 Å². The Kier molecular flexibility index (Phi) is 26.6. The number of ether oxygens (including phenoxy) is 2. The Labute approximate surface area is 246 Å². The van der Waals surface area contributed by atoms with Crippen LogP contribution in [-0.4, -0.2) is 49.0 Å². The first kappa shape index (κ1) is 38.8. The van der Waals surface area contributed by atoms with Crippen molar-refractivity contribution in [2.45, 2.75) is 200 Å². The molecule has 0 amide bonds. The van der Waals surface area contributed by atoms with Crippen LogP contribution in [0.1, 0.15) is 188 Å². The summed E-state index contributed by atoms with van der Waals surface area (Å²) in [6, 6.07) is 0. The number of aliphatic hydroxyl groups is 1. The summed E-state index contributed by atoms with van der Waals surface area (Å²) in [5, 5.41) is 11.2. The summed E-state index contributed by atoms with van der Waals surface area (Å²) in [5.41, 5.74) is 0. The zero-order chi connectivity index (χ0) is 29.1. The maximum absolute atomic E-state index is 11.2. The van der Waals surface area contributed by atoms with Gasteiger partial charge in [0.15, 0.2) is 6.23 Å². The molecule has 0 aliphatic heterocycles. The number of hydrogen-bond acceptors (Lipinski definition) is 3. The molecule has 2 unspecified atom stereocenters. The zero-order valence-electron chi connectivity index (χ0n) is 27.9. The monoisotopic (exact) mass is 557 g/mol. The normalized spacial score (nSPS) is 14.5. The molecule has 236 valence electrons. The third-order valence-electron chi connectivity index (χ3n) is 8.82. The number of nitrogens with zero attached hydrogens (tertiary/aromatic N) is 1. The maximum Gasteiger partial charge on any atom is 0.315 e. The quantitative estimate of drug-likeness (QED) is 0.0524. The average Bonchev–Trinajstić information content (AvgIpc) is 2.91. The number of unbranched alkanes of at least 4 members (excludes halogenated alkanes) is 22. The van der Waals surface area contributed by atoms with E-state index in [0.717, 1.165) is 25.9 Å². The molecule has 4 nitrogen and oxygen atoms in total. The van der Waals surface area contributed by atoms with Gasteiger partial charge in [-0.05, 0) is 12.8 Å². The van der Waals surface area contributed by atoms with Crippen molar-refractivity contribution in [2.24, 2.45) is 0 Å². The number of quaternary nitrogens is 1. The van der Waals surface area contributed by atoms with Crippen LogP contribution in [0.4, 0.5) is 0 Å². The second-order valence-corrected chi connectivity index (χ2v) is 12.8. The van der Waals surface area contributed by atoms with Gasteiger partial charge < -0.3 is 14.6 Å². The molecule has 0 aromatic carbocycles. The van der Waals surface area contributed by atoms with E-state index in [9.17, 15) is 5.11 Å². The molecule has 2 atom stereocenters. The lowest BCUT2D eigenvalue weighted by Gasteiger charge is -2.46. The fraction of sp³-hybridized carbons (Fsp3) is 1.00. The topological polar surface area (TPSA) is 38.7 Å². The minimum absolute atomic E-state index is 0.0605. The third-order valence-corrected chi connectivity index (χ3v) is 8.82. The standard InChI is InChI=1S/C35H74NO3/c1-7-10-12-14-16-18-20-22-24-26-28-30-32-38-34(9-3)36(5,6)35(4,37)39-33-31-29-27-25-23-21-19-17-15-13-11-8-2/h34,37H,7-33H2,1-6H3/q+1. The first-order chi connectivity index (χ1) is 18.8. The van der Waals surface area contributed by atoms with E-state index in [0.29, 0.717) is 11.1 Å². The summed E-state index contributed by atoms with van der Waals surface area (Å²) in [6.07, 6.45) is 33.0. The Hall–Kier alpha value is -0.160. The van der Waals surface area contributed by atoms with Crippen LogP contribution >= 0.6 is 0 Å². The van der Waals surface area contributed by atoms with Crippen molar-refractivity contribution < 1.29 is 19.1 Å². The van der Waals surface area contributed by atoms with Crippen LogP contribution in [0.25, 0.3) is 0 Å². The molecule has 0 aliphatic rings. The largest absolute Gasteiger partial charge is 0.329 e. The molecule has 0 bridgehead atoms. The lowest BCUT2D eigenvalue weighted by molar-refractivity contribution is -1.03. The van der Waals surface area contributed by atoms with E-state index < -0.39 is 5.91 Å². The van der Waals surface area contributed by atoms with Gasteiger partial charge in [0.25, 0.3) is 0 Å². The summed E-state index contributed by atoms with van der Waals surface area (Å²) in [6.45, 7) is 9.90. The molecule has 0 aromatic heterocycles. The second kappa shape index (κ2) is 26.7. The van der Waals surface area contributed by atoms with Crippen LogP contribution in [0.15, 0.2) is 0 Å². The highest BCUT2D eigenvalue weighted by Gasteiger charge is 2.46. The number of hydrogen-bond donors (Lipinski definition) is 1. The van der Waals surface area contributed by atoms with Crippen molar-refractivity contribution in [1.82, 2.24) is 0 Å². The molecule has 0 fully saturated rings. The Bertz CT molecular complexity index is 494. The summed E-state index contributed by atoms with van der Waals surface area (Å²) < 4.78 is 12.6. The van der Waals surface area contributed by atoms with E-state index in [1.807, 2.05) is 21.0 Å². The van der Waals surface area contributed by atoms with Crippen LogP contribution in [0, 0.1) is 0 Å². The SMILES string of the molecule is CCCCCCCCCCCCCCOC(CC)[N+](C)(C)C(C)(O)OCCCCCCCCCCCCCC. The molecule has 0 aromatic rings. The smallest absolute Gasteiger partial charge is 0.315 e. The van der Waals surface area contributed by atoms with Crippen molar-refractivity contribution in [2.75, 3.05) is 27.3 Å². The van der Waals surface area contributed by atoms with Crippen molar-refractivity contribution >= 4 is 0 Å². The van der Waals surface area contributed by atoms with Crippen molar-refractivity contribution in [3.05, 3.63) is 0 Å². The summed E-state index contributed by atoms with van der Waals surface area (Å²) in [4.78, 5) is 0. The van der Waals surface area contributed by atoms with Gasteiger partial charge in [0.1, 0.15) is 0 Å². The first-order valence-corrected chi connectivity index (χ1v) is 17.6. The van der Waals surface area contributed by atoms with Gasteiger partial charge in [-0.2, -0.15) is 0 Å². The highest BCUT2D eigenvalue weighted by atomic mass is 16.7. The zero-order valence-corrected chi connectivity index (χ0v) is 27.9. The van der Waals surface area contributed by atoms with Gasteiger partial charge in [-0.3, -0.25) is 4.48 Å². The van der Waals surface area contributed by atoms with E-state index in [1.165, 1.54) is 141 Å². The third kappa shape index (κ3) is 21.2.